The van der Waals surface area contributed by atoms with Crippen molar-refractivity contribution in [1.82, 2.24) is 0 Å². The summed E-state index contributed by atoms with van der Waals surface area (Å²) in [6.45, 7) is 9.41. The van der Waals surface area contributed by atoms with Crippen molar-refractivity contribution >= 4 is 56.2 Å². The zero-order chi connectivity index (χ0) is 37.3. The molecule has 0 atom stereocenters. The lowest BCUT2D eigenvalue weighted by Crippen LogP contribution is -2.18. The maximum absolute atomic E-state index is 14.2. The standard InChI is InChI=1S/C44H58O8/c1-5-9-13-17-26-49-41(45)34-25-24-33-38-36-31(30-35(37(34)38)42(46)50-27-18-14-10-6-2)22-21-23-32(36)39(43(47)51-28-19-15-11-7-3)40(33)44(48)52-29-20-16-12-8-4/h21-25,30H,5-20,26-29H2,1-4H3. The molecule has 0 fully saturated rings. The second-order valence-electron chi connectivity index (χ2n) is 13.8. The van der Waals surface area contributed by atoms with Gasteiger partial charge in [0.25, 0.3) is 0 Å². The van der Waals surface area contributed by atoms with Crippen molar-refractivity contribution in [3.63, 3.8) is 0 Å². The Balaban J connectivity index is 1.93. The van der Waals surface area contributed by atoms with Gasteiger partial charge in [0.2, 0.25) is 0 Å². The van der Waals surface area contributed by atoms with Crippen LogP contribution in [0.5, 0.6) is 0 Å². The second kappa shape index (κ2) is 21.4. The highest BCUT2D eigenvalue weighted by Crippen LogP contribution is 2.43. The highest BCUT2D eigenvalue weighted by molar-refractivity contribution is 6.35. The zero-order valence-electron chi connectivity index (χ0n) is 31.9. The molecule has 0 saturated carbocycles. The number of unbranched alkanes of at least 4 members (excludes halogenated alkanes) is 12. The smallest absolute Gasteiger partial charge is 0.339 e. The van der Waals surface area contributed by atoms with E-state index in [-0.39, 0.29) is 48.7 Å². The van der Waals surface area contributed by atoms with Gasteiger partial charge in [-0.3, -0.25) is 0 Å². The third-order valence-corrected chi connectivity index (χ3v) is 9.68. The number of carbonyl (C=O) groups excluding carboxylic acids is 4. The number of benzene rings is 4. The van der Waals surface area contributed by atoms with Crippen molar-refractivity contribution in [2.75, 3.05) is 26.4 Å². The van der Waals surface area contributed by atoms with E-state index in [4.69, 9.17) is 18.9 Å². The van der Waals surface area contributed by atoms with E-state index in [2.05, 4.69) is 27.7 Å². The van der Waals surface area contributed by atoms with Crippen molar-refractivity contribution in [1.29, 1.82) is 0 Å². The Kier molecular flexibility index (Phi) is 16.7. The fourth-order valence-electron chi connectivity index (χ4n) is 6.86. The van der Waals surface area contributed by atoms with Gasteiger partial charge in [-0.15, -0.1) is 0 Å². The summed E-state index contributed by atoms with van der Waals surface area (Å²) in [4.78, 5) is 55.9. The highest BCUT2D eigenvalue weighted by atomic mass is 16.5. The van der Waals surface area contributed by atoms with Gasteiger partial charge in [-0.05, 0) is 64.7 Å². The van der Waals surface area contributed by atoms with Crippen molar-refractivity contribution in [2.45, 2.75) is 130 Å². The van der Waals surface area contributed by atoms with Crippen LogP contribution in [0, 0.1) is 0 Å². The van der Waals surface area contributed by atoms with Crippen LogP contribution < -0.4 is 0 Å². The summed E-state index contributed by atoms with van der Waals surface area (Å²) in [6, 6.07) is 10.4. The van der Waals surface area contributed by atoms with Crippen LogP contribution in [-0.2, 0) is 18.9 Å². The molecule has 0 aliphatic heterocycles. The quantitative estimate of drug-likeness (QED) is 0.0306. The molecule has 0 aliphatic rings. The Bertz CT molecular complexity index is 1770. The molecule has 0 heterocycles. The zero-order valence-corrected chi connectivity index (χ0v) is 31.9. The Labute approximate surface area is 309 Å². The lowest BCUT2D eigenvalue weighted by atomic mass is 9.84. The summed E-state index contributed by atoms with van der Waals surface area (Å²) >= 11 is 0. The minimum Gasteiger partial charge on any atom is -0.462 e. The van der Waals surface area contributed by atoms with E-state index >= 15 is 0 Å². The number of hydrogen-bond acceptors (Lipinski definition) is 8. The lowest BCUT2D eigenvalue weighted by Gasteiger charge is -2.21. The molecule has 4 aromatic rings. The van der Waals surface area contributed by atoms with Gasteiger partial charge in [0.05, 0.1) is 48.7 Å². The van der Waals surface area contributed by atoms with Crippen LogP contribution >= 0.6 is 0 Å². The maximum Gasteiger partial charge on any atom is 0.339 e. The molecule has 0 bridgehead atoms. The minimum atomic E-state index is -0.645. The van der Waals surface area contributed by atoms with E-state index < -0.39 is 23.9 Å². The molecule has 4 aromatic carbocycles. The number of hydrogen-bond donors (Lipinski definition) is 0. The summed E-state index contributed by atoms with van der Waals surface area (Å²) in [5.41, 5.74) is 0.622. The monoisotopic (exact) mass is 714 g/mol. The predicted octanol–water partition coefficient (Wildman–Crippen LogP) is 11.5. The van der Waals surface area contributed by atoms with Gasteiger partial charge in [-0.2, -0.15) is 0 Å². The molecule has 4 rings (SSSR count). The van der Waals surface area contributed by atoms with Gasteiger partial charge in [0.1, 0.15) is 0 Å². The van der Waals surface area contributed by atoms with Gasteiger partial charge < -0.3 is 18.9 Å². The fraction of sp³-hybridized carbons (Fsp3) is 0.545. The molecule has 0 spiro atoms. The van der Waals surface area contributed by atoms with Crippen LogP contribution in [-0.4, -0.2) is 50.3 Å². The van der Waals surface area contributed by atoms with Gasteiger partial charge in [-0.25, -0.2) is 19.2 Å². The number of rotatable bonds is 24. The van der Waals surface area contributed by atoms with Crippen LogP contribution in [0.1, 0.15) is 172 Å². The van der Waals surface area contributed by atoms with E-state index in [0.717, 1.165) is 89.9 Å². The first-order valence-electron chi connectivity index (χ1n) is 19.8. The van der Waals surface area contributed by atoms with Gasteiger partial charge in [0, 0.05) is 5.39 Å². The first kappa shape index (κ1) is 40.6. The molecule has 0 N–H and O–H groups in total. The molecule has 282 valence electrons. The molecule has 0 aromatic heterocycles. The molecular formula is C44H58O8. The topological polar surface area (TPSA) is 105 Å². The average Bonchev–Trinajstić information content (AvgIpc) is 3.15. The minimum absolute atomic E-state index is 0.0728. The predicted molar refractivity (Wildman–Crippen MR) is 208 cm³/mol. The summed E-state index contributed by atoms with van der Waals surface area (Å²) in [6.07, 6.45) is 15.0. The Morgan fingerprint density at radius 1 is 0.423 bits per heavy atom. The maximum atomic E-state index is 14.2. The van der Waals surface area contributed by atoms with Crippen molar-refractivity contribution in [3.05, 3.63) is 58.7 Å². The first-order valence-corrected chi connectivity index (χ1v) is 19.8. The van der Waals surface area contributed by atoms with Crippen molar-refractivity contribution < 1.29 is 38.1 Å². The molecule has 8 heteroatoms. The number of carbonyl (C=O) groups is 4. The fourth-order valence-corrected chi connectivity index (χ4v) is 6.86. The molecule has 8 nitrogen and oxygen atoms in total. The summed E-state index contributed by atoms with van der Waals surface area (Å²) in [5.74, 6) is -2.36. The van der Waals surface area contributed by atoms with Crippen LogP contribution in [0.3, 0.4) is 0 Å². The molecule has 0 saturated heterocycles. The number of esters is 4. The largest absolute Gasteiger partial charge is 0.462 e. The van der Waals surface area contributed by atoms with Crippen LogP contribution in [0.2, 0.25) is 0 Å². The number of ether oxygens (including phenoxy) is 4. The van der Waals surface area contributed by atoms with E-state index in [1.165, 1.54) is 0 Å². The second-order valence-corrected chi connectivity index (χ2v) is 13.8. The molecular weight excluding hydrogens is 656 g/mol. The molecule has 0 aliphatic carbocycles. The van der Waals surface area contributed by atoms with E-state index in [1.54, 1.807) is 30.3 Å². The molecule has 0 unspecified atom stereocenters. The molecule has 0 radical (unpaired) electrons. The van der Waals surface area contributed by atoms with Crippen LogP contribution in [0.25, 0.3) is 32.3 Å². The summed E-state index contributed by atoms with van der Waals surface area (Å²) in [5, 5.41) is 3.10. The van der Waals surface area contributed by atoms with E-state index in [1.807, 2.05) is 6.07 Å². The van der Waals surface area contributed by atoms with E-state index in [9.17, 15) is 19.2 Å². The lowest BCUT2D eigenvalue weighted by molar-refractivity contribution is 0.0454. The van der Waals surface area contributed by atoms with E-state index in [0.29, 0.717) is 45.2 Å². The SMILES string of the molecule is CCCCCCOC(=O)c1c(C(=O)OCCCCCC)c2ccc(C(=O)OCCCCCC)c3c(C(=O)OCCCCCC)cc4cccc1c4c23. The highest BCUT2D eigenvalue weighted by Gasteiger charge is 2.31. The Morgan fingerprint density at radius 2 is 0.846 bits per heavy atom. The first-order chi connectivity index (χ1) is 25.4. The third kappa shape index (κ3) is 10.2. The van der Waals surface area contributed by atoms with Gasteiger partial charge >= 0.3 is 23.9 Å². The van der Waals surface area contributed by atoms with Crippen LogP contribution in [0.4, 0.5) is 0 Å². The summed E-state index contributed by atoms with van der Waals surface area (Å²) < 4.78 is 23.2. The normalized spacial score (nSPS) is 11.4. The average molecular weight is 715 g/mol. The molecule has 0 amide bonds. The summed E-state index contributed by atoms with van der Waals surface area (Å²) in [7, 11) is 0. The third-order valence-electron chi connectivity index (χ3n) is 9.68. The van der Waals surface area contributed by atoms with Gasteiger partial charge in [-0.1, -0.05) is 129 Å². The Hall–Kier alpha value is -4.20. The molecule has 52 heavy (non-hydrogen) atoms. The van der Waals surface area contributed by atoms with Crippen molar-refractivity contribution in [2.24, 2.45) is 0 Å². The van der Waals surface area contributed by atoms with Crippen molar-refractivity contribution in [3.8, 4) is 0 Å². The van der Waals surface area contributed by atoms with Crippen LogP contribution in [0.15, 0.2) is 36.4 Å². The van der Waals surface area contributed by atoms with Gasteiger partial charge in [0.15, 0.2) is 0 Å². The Morgan fingerprint density at radius 3 is 1.31 bits per heavy atom.